The van der Waals surface area contributed by atoms with Crippen molar-refractivity contribution < 1.29 is 18.7 Å². The number of piperidine rings is 1. The Morgan fingerprint density at radius 2 is 2.00 bits per heavy atom. The van der Waals surface area contributed by atoms with E-state index in [9.17, 15) is 14.0 Å². The van der Waals surface area contributed by atoms with Crippen LogP contribution in [0.4, 0.5) is 15.8 Å². The number of hydrogen-bond donors (Lipinski definition) is 3. The lowest BCUT2D eigenvalue weighted by molar-refractivity contribution is -0.130. The molecule has 1 aromatic rings. The van der Waals surface area contributed by atoms with Gasteiger partial charge in [-0.1, -0.05) is 0 Å². The molecule has 0 aromatic heterocycles. The summed E-state index contributed by atoms with van der Waals surface area (Å²) in [7, 11) is 1.55. The zero-order chi connectivity index (χ0) is 16.9. The van der Waals surface area contributed by atoms with E-state index in [2.05, 4.69) is 16.0 Å². The van der Waals surface area contributed by atoms with Crippen LogP contribution in [0.3, 0.4) is 0 Å². The number of carbonyl (C=O) groups excluding carboxylic acids is 2. The van der Waals surface area contributed by atoms with E-state index in [1.165, 1.54) is 25.1 Å². The Labute approximate surface area is 134 Å². The highest BCUT2D eigenvalue weighted by atomic mass is 19.1. The van der Waals surface area contributed by atoms with Crippen LogP contribution in [0.25, 0.3) is 0 Å². The number of halogens is 1. The molecule has 0 bridgehead atoms. The summed E-state index contributed by atoms with van der Waals surface area (Å²) in [5.74, 6) is -1.07. The molecule has 0 radical (unpaired) electrons. The summed E-state index contributed by atoms with van der Waals surface area (Å²) in [4.78, 5) is 23.8. The smallest absolute Gasteiger partial charge is 0.233 e. The Bertz CT molecular complexity index is 580. The van der Waals surface area contributed by atoms with Crippen LogP contribution in [0, 0.1) is 11.2 Å². The molecule has 0 aliphatic carbocycles. The minimum Gasteiger partial charge on any atom is -0.384 e. The fourth-order valence-electron chi connectivity index (χ4n) is 2.78. The fourth-order valence-corrected chi connectivity index (χ4v) is 2.78. The second-order valence-electron chi connectivity index (χ2n) is 5.79. The van der Waals surface area contributed by atoms with Gasteiger partial charge in [0.2, 0.25) is 11.8 Å². The molecule has 0 saturated carbocycles. The van der Waals surface area contributed by atoms with Gasteiger partial charge in [0.15, 0.2) is 0 Å². The van der Waals surface area contributed by atoms with Crippen molar-refractivity contribution in [3.05, 3.63) is 24.0 Å². The van der Waals surface area contributed by atoms with E-state index in [1.54, 1.807) is 7.11 Å². The minimum absolute atomic E-state index is 0.0512. The van der Waals surface area contributed by atoms with E-state index >= 15 is 0 Å². The summed E-state index contributed by atoms with van der Waals surface area (Å²) < 4.78 is 19.2. The maximum Gasteiger partial charge on any atom is 0.233 e. The Morgan fingerprint density at radius 1 is 1.30 bits per heavy atom. The molecule has 3 N–H and O–H groups in total. The largest absolute Gasteiger partial charge is 0.384 e. The van der Waals surface area contributed by atoms with E-state index < -0.39 is 11.2 Å². The van der Waals surface area contributed by atoms with Gasteiger partial charge in [0.1, 0.15) is 5.82 Å². The summed E-state index contributed by atoms with van der Waals surface area (Å²) in [6.45, 7) is 3.08. The van der Waals surface area contributed by atoms with Crippen molar-refractivity contribution >= 4 is 23.2 Å². The second kappa shape index (κ2) is 7.52. The third-order valence-corrected chi connectivity index (χ3v) is 4.00. The molecule has 0 unspecified atom stereocenters. The number of rotatable bonds is 5. The van der Waals surface area contributed by atoms with Crippen LogP contribution < -0.4 is 16.0 Å². The quantitative estimate of drug-likeness (QED) is 0.771. The molecule has 0 spiro atoms. The first-order valence-corrected chi connectivity index (χ1v) is 7.55. The van der Waals surface area contributed by atoms with Crippen molar-refractivity contribution in [2.24, 2.45) is 5.41 Å². The molecule has 1 heterocycles. The van der Waals surface area contributed by atoms with Crippen molar-refractivity contribution in [1.29, 1.82) is 0 Å². The van der Waals surface area contributed by atoms with Gasteiger partial charge in [-0.3, -0.25) is 9.59 Å². The number of hydrogen-bond acceptors (Lipinski definition) is 4. The van der Waals surface area contributed by atoms with Crippen LogP contribution in [0.15, 0.2) is 18.2 Å². The molecule has 1 saturated heterocycles. The highest BCUT2D eigenvalue weighted by Gasteiger charge is 2.39. The third kappa shape index (κ3) is 4.27. The van der Waals surface area contributed by atoms with Crippen molar-refractivity contribution in [2.75, 3.05) is 37.4 Å². The fraction of sp³-hybridized carbons (Fsp3) is 0.500. The van der Waals surface area contributed by atoms with Gasteiger partial charge in [0.05, 0.1) is 17.7 Å². The lowest BCUT2D eigenvalue weighted by Crippen LogP contribution is -2.47. The van der Waals surface area contributed by atoms with Crippen LogP contribution in [0.5, 0.6) is 0 Å². The van der Waals surface area contributed by atoms with E-state index in [4.69, 9.17) is 4.74 Å². The summed E-state index contributed by atoms with van der Waals surface area (Å²) in [5, 5.41) is 8.42. The molecule has 126 valence electrons. The van der Waals surface area contributed by atoms with Gasteiger partial charge in [-0.2, -0.15) is 0 Å². The molecular weight excluding hydrogens is 301 g/mol. The van der Waals surface area contributed by atoms with Gasteiger partial charge < -0.3 is 20.7 Å². The molecule has 7 heteroatoms. The molecule has 1 fully saturated rings. The molecular formula is C16H22FN3O3. The van der Waals surface area contributed by atoms with Crippen LogP contribution >= 0.6 is 0 Å². The zero-order valence-corrected chi connectivity index (χ0v) is 13.4. The Morgan fingerprint density at radius 3 is 2.61 bits per heavy atom. The van der Waals surface area contributed by atoms with Crippen molar-refractivity contribution in [1.82, 2.24) is 5.32 Å². The number of amides is 2. The molecule has 2 rings (SSSR count). The van der Waals surface area contributed by atoms with Crippen molar-refractivity contribution in [3.8, 4) is 0 Å². The second-order valence-corrected chi connectivity index (χ2v) is 5.79. The van der Waals surface area contributed by atoms with Gasteiger partial charge in [-0.15, -0.1) is 0 Å². The first-order valence-electron chi connectivity index (χ1n) is 7.55. The monoisotopic (exact) mass is 323 g/mol. The first-order chi connectivity index (χ1) is 11.0. The van der Waals surface area contributed by atoms with Crippen LogP contribution in [0.1, 0.15) is 19.8 Å². The van der Waals surface area contributed by atoms with Gasteiger partial charge in [-0.25, -0.2) is 4.39 Å². The number of carbonyl (C=O) groups is 2. The SMILES string of the molecule is COCC1(C(=O)Nc2cc(NC(C)=O)ccc2F)CCNCC1. The molecule has 2 amide bonds. The van der Waals surface area contributed by atoms with Crippen LogP contribution in [0.2, 0.25) is 0 Å². The Balaban J connectivity index is 2.19. The van der Waals surface area contributed by atoms with Crippen molar-refractivity contribution in [3.63, 3.8) is 0 Å². The predicted octanol–water partition coefficient (Wildman–Crippen LogP) is 1.74. The Hall–Kier alpha value is -1.99. The summed E-state index contributed by atoms with van der Waals surface area (Å²) in [5.41, 5.74) is -0.188. The number of methoxy groups -OCH3 is 1. The van der Waals surface area contributed by atoms with E-state index in [0.29, 0.717) is 31.6 Å². The van der Waals surface area contributed by atoms with E-state index in [1.807, 2.05) is 0 Å². The summed E-state index contributed by atoms with van der Waals surface area (Å²) >= 11 is 0. The average molecular weight is 323 g/mol. The molecule has 23 heavy (non-hydrogen) atoms. The van der Waals surface area contributed by atoms with E-state index in [-0.39, 0.29) is 24.1 Å². The Kier molecular flexibility index (Phi) is 5.68. The minimum atomic E-state index is -0.670. The molecule has 1 aliphatic rings. The van der Waals surface area contributed by atoms with Gasteiger partial charge >= 0.3 is 0 Å². The van der Waals surface area contributed by atoms with Crippen LogP contribution in [-0.4, -0.2) is 38.6 Å². The number of benzene rings is 1. The molecule has 6 nitrogen and oxygen atoms in total. The number of nitrogens with one attached hydrogen (secondary N) is 3. The maximum absolute atomic E-state index is 14.0. The standard InChI is InChI=1S/C16H22FN3O3/c1-11(21)19-12-3-4-13(17)14(9-12)20-15(22)16(10-23-2)5-7-18-8-6-16/h3-4,9,18H,5-8,10H2,1-2H3,(H,19,21)(H,20,22). The highest BCUT2D eigenvalue weighted by molar-refractivity contribution is 5.97. The van der Waals surface area contributed by atoms with Gasteiger partial charge in [0, 0.05) is 19.7 Å². The maximum atomic E-state index is 14.0. The third-order valence-electron chi connectivity index (χ3n) is 4.00. The summed E-state index contributed by atoms with van der Waals surface area (Å²) in [6, 6.07) is 4.07. The average Bonchev–Trinajstić information content (AvgIpc) is 2.51. The van der Waals surface area contributed by atoms with Crippen molar-refractivity contribution in [2.45, 2.75) is 19.8 Å². The molecule has 0 atom stereocenters. The van der Waals surface area contributed by atoms with Gasteiger partial charge in [-0.05, 0) is 44.1 Å². The van der Waals surface area contributed by atoms with E-state index in [0.717, 1.165) is 0 Å². The normalized spacial score (nSPS) is 16.7. The highest BCUT2D eigenvalue weighted by Crippen LogP contribution is 2.31. The molecule has 1 aliphatic heterocycles. The number of ether oxygens (including phenoxy) is 1. The topological polar surface area (TPSA) is 79.5 Å². The summed E-state index contributed by atoms with van der Waals surface area (Å²) in [6.07, 6.45) is 1.25. The first kappa shape index (κ1) is 17.4. The number of anilines is 2. The van der Waals surface area contributed by atoms with Gasteiger partial charge in [0.25, 0.3) is 0 Å². The lowest BCUT2D eigenvalue weighted by atomic mass is 9.78. The zero-order valence-electron chi connectivity index (χ0n) is 13.4. The van der Waals surface area contributed by atoms with Crippen LogP contribution in [-0.2, 0) is 14.3 Å². The lowest BCUT2D eigenvalue weighted by Gasteiger charge is -2.35. The molecule has 1 aromatic carbocycles. The predicted molar refractivity (Wildman–Crippen MR) is 85.7 cm³/mol.